The molecule has 3 nitrogen and oxygen atoms in total. The molecule has 1 unspecified atom stereocenters. The maximum Gasteiger partial charge on any atom is 0.241 e. The molecule has 17 heavy (non-hydrogen) atoms. The largest absolute Gasteiger partial charge is 0.322 e. The van der Waals surface area contributed by atoms with Crippen LogP contribution in [0.2, 0.25) is 15.1 Å². The summed E-state index contributed by atoms with van der Waals surface area (Å²) in [6.45, 7) is 3.51. The zero-order valence-corrected chi connectivity index (χ0v) is 11.1. The minimum atomic E-state index is -0.685. The lowest BCUT2D eigenvalue weighted by molar-refractivity contribution is -0.117. The Kier molecular flexibility index (Phi) is 5.28. The maximum atomic E-state index is 11.7. The van der Waals surface area contributed by atoms with Gasteiger partial charge in [0.1, 0.15) is 0 Å². The monoisotopic (exact) mass is 292 g/mol. The average molecular weight is 294 g/mol. The minimum absolute atomic E-state index is 0.265. The van der Waals surface area contributed by atoms with E-state index in [9.17, 15) is 4.79 Å². The van der Waals surface area contributed by atoms with Crippen LogP contribution in [0.3, 0.4) is 0 Å². The Morgan fingerprint density at radius 1 is 1.41 bits per heavy atom. The van der Waals surface area contributed by atoms with Crippen LogP contribution < -0.4 is 11.1 Å². The summed E-state index contributed by atoms with van der Waals surface area (Å²) >= 11 is 17.6. The molecule has 0 aliphatic heterocycles. The number of nitrogens with one attached hydrogen (secondary N) is 1. The van der Waals surface area contributed by atoms with Crippen LogP contribution >= 0.6 is 34.8 Å². The fourth-order valence-corrected chi connectivity index (χ4v) is 2.08. The van der Waals surface area contributed by atoms with Gasteiger partial charge in [0.05, 0.1) is 21.8 Å². The van der Waals surface area contributed by atoms with Crippen molar-refractivity contribution in [2.45, 2.75) is 12.5 Å². The van der Waals surface area contributed by atoms with Crippen LogP contribution in [0.1, 0.15) is 6.42 Å². The fraction of sp³-hybridized carbons (Fsp3) is 0.182. The van der Waals surface area contributed by atoms with E-state index in [1.807, 2.05) is 0 Å². The van der Waals surface area contributed by atoms with Crippen LogP contribution in [0, 0.1) is 0 Å². The van der Waals surface area contributed by atoms with Crippen molar-refractivity contribution < 1.29 is 4.79 Å². The summed E-state index contributed by atoms with van der Waals surface area (Å²) in [5.41, 5.74) is 5.92. The van der Waals surface area contributed by atoms with Gasteiger partial charge in [-0.1, -0.05) is 40.9 Å². The van der Waals surface area contributed by atoms with Gasteiger partial charge in [0.15, 0.2) is 0 Å². The van der Waals surface area contributed by atoms with E-state index in [2.05, 4.69) is 11.9 Å². The van der Waals surface area contributed by atoms with Crippen LogP contribution in [-0.4, -0.2) is 11.9 Å². The summed E-state index contributed by atoms with van der Waals surface area (Å²) < 4.78 is 0. The number of carbonyl (C=O) groups is 1. The smallest absolute Gasteiger partial charge is 0.241 e. The third-order valence-corrected chi connectivity index (χ3v) is 2.83. The van der Waals surface area contributed by atoms with Gasteiger partial charge in [-0.05, 0) is 18.6 Å². The Labute approximate surface area is 115 Å². The predicted octanol–water partition coefficient (Wildman–Crippen LogP) is 3.49. The number of hydrogen-bond acceptors (Lipinski definition) is 2. The van der Waals surface area contributed by atoms with Gasteiger partial charge >= 0.3 is 0 Å². The van der Waals surface area contributed by atoms with Crippen LogP contribution in [0.4, 0.5) is 5.69 Å². The molecule has 3 N–H and O–H groups in total. The number of nitrogens with two attached hydrogens (primary N) is 1. The van der Waals surface area contributed by atoms with Gasteiger partial charge in [0.25, 0.3) is 0 Å². The van der Waals surface area contributed by atoms with Crippen LogP contribution in [-0.2, 0) is 4.79 Å². The molecule has 0 saturated heterocycles. The van der Waals surface area contributed by atoms with E-state index in [-0.39, 0.29) is 16.0 Å². The lowest BCUT2D eigenvalue weighted by Crippen LogP contribution is -2.35. The van der Waals surface area contributed by atoms with Crippen LogP contribution in [0.25, 0.3) is 0 Å². The van der Waals surface area contributed by atoms with Crippen molar-refractivity contribution in [3.63, 3.8) is 0 Å². The first kappa shape index (κ1) is 14.3. The highest BCUT2D eigenvalue weighted by molar-refractivity contribution is 6.42. The molecule has 0 bridgehead atoms. The standard InChI is InChI=1S/C11H11Cl3N2O/c1-2-3-9(15)11(17)16-10-7(13)4-6(12)5-8(10)14/h2,4-5,9H,1,3,15H2,(H,16,17). The first-order valence-corrected chi connectivity index (χ1v) is 5.91. The molecule has 0 aromatic heterocycles. The van der Waals surface area contributed by atoms with Gasteiger partial charge in [-0.15, -0.1) is 6.58 Å². The molecule has 0 aliphatic carbocycles. The third kappa shape index (κ3) is 3.89. The number of hydrogen-bond donors (Lipinski definition) is 2. The zero-order valence-electron chi connectivity index (χ0n) is 8.84. The summed E-state index contributed by atoms with van der Waals surface area (Å²) in [7, 11) is 0. The van der Waals surface area contributed by atoms with Crippen molar-refractivity contribution >= 4 is 46.4 Å². The SMILES string of the molecule is C=CCC(N)C(=O)Nc1c(Cl)cc(Cl)cc1Cl. The number of carbonyl (C=O) groups excluding carboxylic acids is 1. The molecule has 92 valence electrons. The molecule has 1 aromatic rings. The zero-order chi connectivity index (χ0) is 13.0. The molecule has 1 atom stereocenters. The molecule has 0 saturated carbocycles. The molecule has 6 heteroatoms. The molecule has 0 heterocycles. The van der Waals surface area contributed by atoms with Crippen molar-refractivity contribution in [1.29, 1.82) is 0 Å². The van der Waals surface area contributed by atoms with Crippen LogP contribution in [0.5, 0.6) is 0 Å². The average Bonchev–Trinajstić information content (AvgIpc) is 2.23. The molecule has 0 radical (unpaired) electrons. The van der Waals surface area contributed by atoms with Crippen molar-refractivity contribution in [3.8, 4) is 0 Å². The summed E-state index contributed by atoms with van der Waals surface area (Å²) in [5, 5.41) is 3.48. The first-order chi connectivity index (χ1) is 7.95. The predicted molar refractivity (Wildman–Crippen MR) is 72.9 cm³/mol. The molecule has 0 spiro atoms. The highest BCUT2D eigenvalue weighted by Crippen LogP contribution is 2.33. The quantitative estimate of drug-likeness (QED) is 0.835. The van der Waals surface area contributed by atoms with Gasteiger partial charge in [-0.25, -0.2) is 0 Å². The summed E-state index contributed by atoms with van der Waals surface area (Å²) in [5.74, 6) is -0.379. The molecule has 1 rings (SSSR count). The van der Waals surface area contributed by atoms with Gasteiger partial charge in [0.2, 0.25) is 5.91 Å². The van der Waals surface area contributed by atoms with E-state index in [0.29, 0.717) is 17.1 Å². The summed E-state index contributed by atoms with van der Waals surface area (Å²) in [6.07, 6.45) is 1.93. The summed E-state index contributed by atoms with van der Waals surface area (Å²) in [6, 6.07) is 2.29. The van der Waals surface area contributed by atoms with Gasteiger partial charge < -0.3 is 11.1 Å². The summed E-state index contributed by atoms with van der Waals surface area (Å²) in [4.78, 5) is 11.7. The van der Waals surface area contributed by atoms with Crippen molar-refractivity contribution in [3.05, 3.63) is 39.9 Å². The Morgan fingerprint density at radius 3 is 2.41 bits per heavy atom. The molecule has 0 fully saturated rings. The highest BCUT2D eigenvalue weighted by Gasteiger charge is 2.15. The van der Waals surface area contributed by atoms with Gasteiger partial charge in [-0.2, -0.15) is 0 Å². The Hall–Kier alpha value is -0.740. The minimum Gasteiger partial charge on any atom is -0.322 e. The van der Waals surface area contributed by atoms with Crippen molar-refractivity contribution in [2.75, 3.05) is 5.32 Å². The van der Waals surface area contributed by atoms with Gasteiger partial charge in [0, 0.05) is 5.02 Å². The van der Waals surface area contributed by atoms with E-state index < -0.39 is 6.04 Å². The molecular formula is C11H11Cl3N2O. The second-order valence-corrected chi connectivity index (χ2v) is 4.62. The molecular weight excluding hydrogens is 282 g/mol. The number of benzene rings is 1. The second kappa shape index (κ2) is 6.26. The van der Waals surface area contributed by atoms with E-state index in [1.54, 1.807) is 6.08 Å². The Morgan fingerprint density at radius 2 is 1.94 bits per heavy atom. The van der Waals surface area contributed by atoms with Crippen molar-refractivity contribution in [2.24, 2.45) is 5.73 Å². The first-order valence-electron chi connectivity index (χ1n) is 4.77. The normalized spacial score (nSPS) is 12.0. The third-order valence-electron chi connectivity index (χ3n) is 2.01. The molecule has 0 aliphatic rings. The number of amides is 1. The second-order valence-electron chi connectivity index (χ2n) is 3.36. The van der Waals surface area contributed by atoms with E-state index in [0.717, 1.165) is 0 Å². The lowest BCUT2D eigenvalue weighted by Gasteiger charge is -2.13. The maximum absolute atomic E-state index is 11.7. The number of rotatable bonds is 4. The Bertz CT molecular complexity index is 425. The molecule has 1 aromatic carbocycles. The van der Waals surface area contributed by atoms with E-state index >= 15 is 0 Å². The number of halogens is 3. The van der Waals surface area contributed by atoms with Gasteiger partial charge in [-0.3, -0.25) is 4.79 Å². The van der Waals surface area contributed by atoms with Crippen molar-refractivity contribution in [1.82, 2.24) is 0 Å². The lowest BCUT2D eigenvalue weighted by atomic mass is 10.2. The number of anilines is 1. The van der Waals surface area contributed by atoms with E-state index in [4.69, 9.17) is 40.5 Å². The van der Waals surface area contributed by atoms with E-state index in [1.165, 1.54) is 12.1 Å². The molecule has 1 amide bonds. The fourth-order valence-electron chi connectivity index (χ4n) is 1.16. The topological polar surface area (TPSA) is 55.1 Å². The Balaban J connectivity index is 2.88. The highest BCUT2D eigenvalue weighted by atomic mass is 35.5. The van der Waals surface area contributed by atoms with Crippen LogP contribution in [0.15, 0.2) is 24.8 Å².